The van der Waals surface area contributed by atoms with Crippen LogP contribution in [0.1, 0.15) is 42.4 Å². The van der Waals surface area contributed by atoms with E-state index in [0.717, 1.165) is 24.8 Å². The summed E-state index contributed by atoms with van der Waals surface area (Å²) in [6, 6.07) is 28.3. The Hall–Kier alpha value is -3.86. The highest BCUT2D eigenvalue weighted by Crippen LogP contribution is 2.28. The Bertz CT molecular complexity index is 1060. The first kappa shape index (κ1) is 25.8. The van der Waals surface area contributed by atoms with E-state index < -0.39 is 5.97 Å². The predicted molar refractivity (Wildman–Crippen MR) is 139 cm³/mol. The Balaban J connectivity index is 1.65. The molecule has 0 fully saturated rings. The number of carbonyl (C=O) groups is 2. The number of aliphatic carboxylic acids is 1. The van der Waals surface area contributed by atoms with Crippen molar-refractivity contribution in [2.24, 2.45) is 0 Å². The fourth-order valence-electron chi connectivity index (χ4n) is 4.17. The van der Waals surface area contributed by atoms with Gasteiger partial charge in [0.1, 0.15) is 5.75 Å². The summed E-state index contributed by atoms with van der Waals surface area (Å²) in [6.45, 7) is 2.79. The number of rotatable bonds is 13. The van der Waals surface area contributed by atoms with E-state index in [4.69, 9.17) is 9.84 Å². The van der Waals surface area contributed by atoms with Crippen LogP contribution in [0.5, 0.6) is 5.75 Å². The summed E-state index contributed by atoms with van der Waals surface area (Å²) in [5, 5.41) is 8.81. The number of amides is 1. The number of ether oxygens (including phenoxy) is 1. The van der Waals surface area contributed by atoms with Crippen LogP contribution in [0.3, 0.4) is 0 Å². The molecule has 0 heterocycles. The van der Waals surface area contributed by atoms with Gasteiger partial charge < -0.3 is 14.7 Å². The second-order valence-corrected chi connectivity index (χ2v) is 8.42. The maximum atomic E-state index is 12.8. The first-order valence-electron chi connectivity index (χ1n) is 12.0. The molecule has 0 aliphatic heterocycles. The van der Waals surface area contributed by atoms with E-state index in [0.29, 0.717) is 18.8 Å². The van der Waals surface area contributed by atoms with Crippen molar-refractivity contribution in [1.29, 1.82) is 0 Å². The van der Waals surface area contributed by atoms with Crippen molar-refractivity contribution < 1.29 is 19.4 Å². The Kier molecular flexibility index (Phi) is 10.1. The summed E-state index contributed by atoms with van der Waals surface area (Å²) < 4.78 is 5.28. The van der Waals surface area contributed by atoms with E-state index in [-0.39, 0.29) is 18.4 Å². The number of carboxylic acids is 1. The van der Waals surface area contributed by atoms with Crippen LogP contribution in [0, 0.1) is 0 Å². The van der Waals surface area contributed by atoms with Gasteiger partial charge in [0.2, 0.25) is 5.91 Å². The Morgan fingerprint density at radius 3 is 2.17 bits per heavy atom. The molecular formula is C30H33NO4. The van der Waals surface area contributed by atoms with E-state index in [9.17, 15) is 9.59 Å². The highest BCUT2D eigenvalue weighted by atomic mass is 16.5. The molecule has 182 valence electrons. The van der Waals surface area contributed by atoms with Crippen molar-refractivity contribution in [3.8, 4) is 5.75 Å². The van der Waals surface area contributed by atoms with Crippen molar-refractivity contribution in [2.45, 2.75) is 32.1 Å². The molecule has 0 saturated heterocycles. The summed E-state index contributed by atoms with van der Waals surface area (Å²) in [5.41, 5.74) is 3.54. The Morgan fingerprint density at radius 1 is 0.914 bits per heavy atom. The minimum atomic E-state index is -1.00. The van der Waals surface area contributed by atoms with Crippen LogP contribution in [0.15, 0.2) is 97.1 Å². The third kappa shape index (κ3) is 8.45. The normalized spacial score (nSPS) is 11.0. The molecule has 0 bridgehead atoms. The second kappa shape index (κ2) is 13.8. The number of nitrogens with zero attached hydrogens (tertiary/aromatic N) is 1. The molecule has 0 aliphatic carbocycles. The standard InChI is InChI=1S/C30H33NO4/c1-2-11-29(32)31(20-10-13-24-12-9-18-27(22-24)35-23-30(33)34)21-19-28(25-14-5-3-6-15-25)26-16-7-4-8-17-26/h2-9,11-12,14-18,22,28H,10,13,19-21,23H2,1H3,(H,33,34)/b11-2+. The van der Waals surface area contributed by atoms with Crippen LogP contribution in [-0.4, -0.2) is 41.6 Å². The van der Waals surface area contributed by atoms with Gasteiger partial charge in [-0.2, -0.15) is 0 Å². The van der Waals surface area contributed by atoms with E-state index in [2.05, 4.69) is 48.5 Å². The van der Waals surface area contributed by atoms with Gasteiger partial charge in [-0.3, -0.25) is 4.79 Å². The maximum Gasteiger partial charge on any atom is 0.341 e. The number of aryl methyl sites for hydroxylation is 1. The summed E-state index contributed by atoms with van der Waals surface area (Å²) in [6.07, 6.45) is 5.80. The van der Waals surface area contributed by atoms with E-state index in [1.807, 2.05) is 42.2 Å². The lowest BCUT2D eigenvalue weighted by molar-refractivity contribution is -0.139. The van der Waals surface area contributed by atoms with Gasteiger partial charge in [-0.15, -0.1) is 0 Å². The van der Waals surface area contributed by atoms with Gasteiger partial charge in [0, 0.05) is 19.0 Å². The van der Waals surface area contributed by atoms with Gasteiger partial charge in [0.05, 0.1) is 0 Å². The molecule has 5 nitrogen and oxygen atoms in total. The summed E-state index contributed by atoms with van der Waals surface area (Å²) in [7, 11) is 0. The lowest BCUT2D eigenvalue weighted by Gasteiger charge is -2.25. The molecule has 0 unspecified atom stereocenters. The molecule has 3 aromatic carbocycles. The molecule has 1 N–H and O–H groups in total. The van der Waals surface area contributed by atoms with E-state index in [1.54, 1.807) is 18.2 Å². The largest absolute Gasteiger partial charge is 0.482 e. The number of carboxylic acid groups (broad SMARTS) is 1. The monoisotopic (exact) mass is 471 g/mol. The van der Waals surface area contributed by atoms with Crippen molar-refractivity contribution in [1.82, 2.24) is 4.90 Å². The molecule has 0 spiro atoms. The fourth-order valence-corrected chi connectivity index (χ4v) is 4.17. The van der Waals surface area contributed by atoms with Gasteiger partial charge in [-0.1, -0.05) is 78.9 Å². The molecule has 0 aromatic heterocycles. The Labute approximate surface area is 207 Å². The van der Waals surface area contributed by atoms with Crippen LogP contribution in [0.25, 0.3) is 0 Å². The zero-order valence-corrected chi connectivity index (χ0v) is 20.2. The minimum absolute atomic E-state index is 0.0194. The lowest BCUT2D eigenvalue weighted by Crippen LogP contribution is -2.32. The van der Waals surface area contributed by atoms with Crippen LogP contribution >= 0.6 is 0 Å². The lowest BCUT2D eigenvalue weighted by atomic mass is 9.88. The minimum Gasteiger partial charge on any atom is -0.482 e. The highest BCUT2D eigenvalue weighted by molar-refractivity contribution is 5.87. The number of hydrogen-bond donors (Lipinski definition) is 1. The quantitative estimate of drug-likeness (QED) is 0.324. The first-order chi connectivity index (χ1) is 17.1. The zero-order valence-electron chi connectivity index (χ0n) is 20.2. The first-order valence-corrected chi connectivity index (χ1v) is 12.0. The number of benzene rings is 3. The molecule has 0 saturated carbocycles. The smallest absolute Gasteiger partial charge is 0.341 e. The average molecular weight is 472 g/mol. The summed E-state index contributed by atoms with van der Waals surface area (Å²) >= 11 is 0. The van der Waals surface area contributed by atoms with Gasteiger partial charge in [0.15, 0.2) is 6.61 Å². The van der Waals surface area contributed by atoms with Crippen LogP contribution in [0.2, 0.25) is 0 Å². The number of hydrogen-bond acceptors (Lipinski definition) is 3. The van der Waals surface area contributed by atoms with E-state index in [1.165, 1.54) is 11.1 Å². The Morgan fingerprint density at radius 2 is 1.57 bits per heavy atom. The third-order valence-corrected chi connectivity index (χ3v) is 5.87. The van der Waals surface area contributed by atoms with Gasteiger partial charge in [-0.05, 0) is 61.1 Å². The number of carbonyl (C=O) groups excluding carboxylic acids is 1. The molecule has 1 amide bonds. The molecule has 3 rings (SSSR count). The van der Waals surface area contributed by atoms with Crippen LogP contribution in [0.4, 0.5) is 0 Å². The molecule has 0 aliphatic rings. The topological polar surface area (TPSA) is 66.8 Å². The van der Waals surface area contributed by atoms with Crippen molar-refractivity contribution in [2.75, 3.05) is 19.7 Å². The molecular weight excluding hydrogens is 438 g/mol. The molecule has 3 aromatic rings. The van der Waals surface area contributed by atoms with Gasteiger partial charge >= 0.3 is 5.97 Å². The average Bonchev–Trinajstić information content (AvgIpc) is 2.88. The van der Waals surface area contributed by atoms with Crippen molar-refractivity contribution in [3.63, 3.8) is 0 Å². The van der Waals surface area contributed by atoms with Gasteiger partial charge in [0.25, 0.3) is 0 Å². The van der Waals surface area contributed by atoms with Crippen molar-refractivity contribution >= 4 is 11.9 Å². The fraction of sp³-hybridized carbons (Fsp3) is 0.267. The molecule has 35 heavy (non-hydrogen) atoms. The third-order valence-electron chi connectivity index (χ3n) is 5.87. The summed E-state index contributed by atoms with van der Waals surface area (Å²) in [4.78, 5) is 25.5. The van der Waals surface area contributed by atoms with Crippen molar-refractivity contribution in [3.05, 3.63) is 114 Å². The predicted octanol–water partition coefficient (Wildman–Crippen LogP) is 5.71. The molecule has 0 radical (unpaired) electrons. The van der Waals surface area contributed by atoms with E-state index >= 15 is 0 Å². The number of allylic oxidation sites excluding steroid dienone is 1. The molecule has 5 heteroatoms. The highest BCUT2D eigenvalue weighted by Gasteiger charge is 2.18. The SMILES string of the molecule is C/C=C/C(=O)N(CCCc1cccc(OCC(=O)O)c1)CCC(c1ccccc1)c1ccccc1. The zero-order chi connectivity index (χ0) is 24.9. The maximum absolute atomic E-state index is 12.8. The van der Waals surface area contributed by atoms with Crippen LogP contribution in [-0.2, 0) is 16.0 Å². The van der Waals surface area contributed by atoms with Gasteiger partial charge in [-0.25, -0.2) is 4.79 Å². The summed E-state index contributed by atoms with van der Waals surface area (Å²) in [5.74, 6) is -0.231. The second-order valence-electron chi connectivity index (χ2n) is 8.42. The van der Waals surface area contributed by atoms with Crippen LogP contribution < -0.4 is 4.74 Å². The molecule has 0 atom stereocenters.